The van der Waals surface area contributed by atoms with Gasteiger partial charge in [-0.2, -0.15) is 0 Å². The summed E-state index contributed by atoms with van der Waals surface area (Å²) in [5.41, 5.74) is 2.25. The van der Waals surface area contributed by atoms with E-state index < -0.39 is 0 Å². The zero-order valence-electron chi connectivity index (χ0n) is 16.6. The number of nitrogens with zero attached hydrogens (tertiary/aromatic N) is 3. The number of carbonyl (C=O) groups excluding carboxylic acids is 2. The molecule has 0 unspecified atom stereocenters. The number of likely N-dealkylation sites (tertiary alicyclic amines) is 1. The second-order valence-electron chi connectivity index (χ2n) is 7.43. The van der Waals surface area contributed by atoms with Gasteiger partial charge in [0.2, 0.25) is 11.8 Å². The predicted molar refractivity (Wildman–Crippen MR) is 109 cm³/mol. The molecule has 1 saturated heterocycles. The van der Waals surface area contributed by atoms with Gasteiger partial charge in [-0.05, 0) is 36.5 Å². The lowest BCUT2D eigenvalue weighted by Crippen LogP contribution is -2.47. The van der Waals surface area contributed by atoms with Crippen LogP contribution in [0.2, 0.25) is 0 Å². The van der Waals surface area contributed by atoms with Crippen molar-refractivity contribution < 1.29 is 9.59 Å². The summed E-state index contributed by atoms with van der Waals surface area (Å²) in [5, 5.41) is 0. The second-order valence-corrected chi connectivity index (χ2v) is 7.43. The van der Waals surface area contributed by atoms with Gasteiger partial charge in [-0.3, -0.25) is 14.6 Å². The van der Waals surface area contributed by atoms with E-state index in [1.165, 1.54) is 5.56 Å². The first-order valence-electron chi connectivity index (χ1n) is 10.2. The monoisotopic (exact) mass is 379 g/mol. The van der Waals surface area contributed by atoms with Gasteiger partial charge in [0.1, 0.15) is 0 Å². The van der Waals surface area contributed by atoms with Crippen LogP contribution in [0.15, 0.2) is 54.9 Å². The van der Waals surface area contributed by atoms with Gasteiger partial charge in [0.25, 0.3) is 0 Å². The number of carbonyl (C=O) groups is 2. The van der Waals surface area contributed by atoms with Crippen molar-refractivity contribution in [2.75, 3.05) is 19.6 Å². The molecule has 5 heteroatoms. The van der Waals surface area contributed by atoms with Crippen molar-refractivity contribution >= 4 is 11.8 Å². The Labute approximate surface area is 167 Å². The summed E-state index contributed by atoms with van der Waals surface area (Å²) in [4.78, 5) is 33.5. The molecule has 1 aliphatic heterocycles. The van der Waals surface area contributed by atoms with Crippen LogP contribution < -0.4 is 0 Å². The number of aromatic nitrogens is 1. The summed E-state index contributed by atoms with van der Waals surface area (Å²) in [5.74, 6) is 0.203. The molecule has 1 aromatic carbocycles. The van der Waals surface area contributed by atoms with Crippen LogP contribution in [-0.4, -0.2) is 46.2 Å². The standard InChI is InChI=1S/C23H29N3O2/c1-2-14-26(17-20-9-6-13-24-16-20)23(28)21-10-11-22(27)25(18-21)15-12-19-7-4-3-5-8-19/h3-9,13,16,21H,2,10-12,14-15,17-18H2,1H3/t21-/m0/s1. The van der Waals surface area contributed by atoms with Crippen LogP contribution in [-0.2, 0) is 22.6 Å². The fourth-order valence-corrected chi connectivity index (χ4v) is 3.75. The first kappa shape index (κ1) is 20.1. The third kappa shape index (κ3) is 5.41. The Bertz CT molecular complexity index is 764. The quantitative estimate of drug-likeness (QED) is 0.707. The lowest BCUT2D eigenvalue weighted by Gasteiger charge is -2.35. The fourth-order valence-electron chi connectivity index (χ4n) is 3.75. The van der Waals surface area contributed by atoms with E-state index in [0.29, 0.717) is 32.5 Å². The zero-order valence-corrected chi connectivity index (χ0v) is 16.6. The van der Waals surface area contributed by atoms with Gasteiger partial charge in [0.05, 0.1) is 5.92 Å². The molecule has 1 aliphatic rings. The molecule has 2 amide bonds. The number of hydrogen-bond donors (Lipinski definition) is 0. The number of pyridine rings is 1. The molecule has 1 aromatic heterocycles. The van der Waals surface area contributed by atoms with E-state index in [9.17, 15) is 9.59 Å². The molecule has 3 rings (SSSR count). The summed E-state index contributed by atoms with van der Waals surface area (Å²) in [7, 11) is 0. The van der Waals surface area contributed by atoms with Crippen molar-refractivity contribution in [1.82, 2.24) is 14.8 Å². The zero-order chi connectivity index (χ0) is 19.8. The number of rotatable bonds is 8. The summed E-state index contributed by atoms with van der Waals surface area (Å²) in [6, 6.07) is 14.1. The van der Waals surface area contributed by atoms with Crippen LogP contribution >= 0.6 is 0 Å². The summed E-state index contributed by atoms with van der Waals surface area (Å²) >= 11 is 0. The Morgan fingerprint density at radius 3 is 2.68 bits per heavy atom. The van der Waals surface area contributed by atoms with E-state index in [0.717, 1.165) is 24.9 Å². The van der Waals surface area contributed by atoms with Crippen LogP contribution in [0.25, 0.3) is 0 Å². The molecule has 148 valence electrons. The molecule has 0 spiro atoms. The van der Waals surface area contributed by atoms with Crippen LogP contribution in [0, 0.1) is 5.92 Å². The minimum absolute atomic E-state index is 0.114. The van der Waals surface area contributed by atoms with Crippen LogP contribution in [0.5, 0.6) is 0 Å². The third-order valence-corrected chi connectivity index (χ3v) is 5.26. The molecule has 1 fully saturated rings. The molecule has 5 nitrogen and oxygen atoms in total. The molecule has 0 bridgehead atoms. The summed E-state index contributed by atoms with van der Waals surface area (Å²) in [6.45, 7) is 4.58. The number of amides is 2. The Balaban J connectivity index is 1.61. The van der Waals surface area contributed by atoms with E-state index in [1.54, 1.807) is 6.20 Å². The summed E-state index contributed by atoms with van der Waals surface area (Å²) in [6.07, 6.45) is 6.39. The lowest BCUT2D eigenvalue weighted by atomic mass is 9.95. The molecule has 1 atom stereocenters. The lowest BCUT2D eigenvalue weighted by molar-refractivity contribution is -0.143. The second kappa shape index (κ2) is 10.0. The van der Waals surface area contributed by atoms with Crippen LogP contribution in [0.1, 0.15) is 37.3 Å². The van der Waals surface area contributed by atoms with E-state index in [1.807, 2.05) is 46.3 Å². The first-order valence-corrected chi connectivity index (χ1v) is 10.2. The van der Waals surface area contributed by atoms with Gasteiger partial charge in [0.15, 0.2) is 0 Å². The highest BCUT2D eigenvalue weighted by Gasteiger charge is 2.32. The Hall–Kier alpha value is -2.69. The number of piperidine rings is 1. The van der Waals surface area contributed by atoms with Gasteiger partial charge in [-0.1, -0.05) is 43.3 Å². The van der Waals surface area contributed by atoms with Crippen molar-refractivity contribution in [2.45, 2.75) is 39.2 Å². The molecule has 0 aliphatic carbocycles. The third-order valence-electron chi connectivity index (χ3n) is 5.26. The smallest absolute Gasteiger partial charge is 0.227 e. The van der Waals surface area contributed by atoms with E-state index in [-0.39, 0.29) is 17.7 Å². The Kier molecular flexibility index (Phi) is 7.18. The average Bonchev–Trinajstić information content (AvgIpc) is 2.74. The van der Waals surface area contributed by atoms with Crippen molar-refractivity contribution in [1.29, 1.82) is 0 Å². The van der Waals surface area contributed by atoms with E-state index in [2.05, 4.69) is 24.0 Å². The van der Waals surface area contributed by atoms with Crippen LogP contribution in [0.4, 0.5) is 0 Å². The largest absolute Gasteiger partial charge is 0.342 e. The Morgan fingerprint density at radius 1 is 1.18 bits per heavy atom. The highest BCUT2D eigenvalue weighted by atomic mass is 16.2. The minimum atomic E-state index is -0.114. The maximum atomic E-state index is 13.2. The van der Waals surface area contributed by atoms with Gasteiger partial charge in [0, 0.05) is 45.0 Å². The fraction of sp³-hybridized carbons (Fsp3) is 0.435. The van der Waals surface area contributed by atoms with Crippen molar-refractivity contribution in [3.05, 3.63) is 66.0 Å². The van der Waals surface area contributed by atoms with Crippen molar-refractivity contribution in [3.63, 3.8) is 0 Å². The van der Waals surface area contributed by atoms with Gasteiger partial charge < -0.3 is 9.80 Å². The van der Waals surface area contributed by atoms with Gasteiger partial charge in [-0.15, -0.1) is 0 Å². The molecular formula is C23H29N3O2. The molecular weight excluding hydrogens is 350 g/mol. The predicted octanol–water partition coefficient (Wildman–Crippen LogP) is 3.30. The average molecular weight is 380 g/mol. The highest BCUT2D eigenvalue weighted by Crippen LogP contribution is 2.21. The molecule has 28 heavy (non-hydrogen) atoms. The molecule has 2 aromatic rings. The number of benzene rings is 1. The topological polar surface area (TPSA) is 53.5 Å². The maximum absolute atomic E-state index is 13.2. The Morgan fingerprint density at radius 2 is 1.96 bits per heavy atom. The first-order chi connectivity index (χ1) is 13.7. The summed E-state index contributed by atoms with van der Waals surface area (Å²) < 4.78 is 0. The van der Waals surface area contributed by atoms with Gasteiger partial charge >= 0.3 is 0 Å². The SMILES string of the molecule is CCCN(Cc1cccnc1)C(=O)[C@H]1CCC(=O)N(CCc2ccccc2)C1. The molecule has 0 radical (unpaired) electrons. The number of hydrogen-bond acceptors (Lipinski definition) is 3. The van der Waals surface area contributed by atoms with E-state index >= 15 is 0 Å². The van der Waals surface area contributed by atoms with Crippen molar-refractivity contribution in [2.24, 2.45) is 5.92 Å². The van der Waals surface area contributed by atoms with Crippen molar-refractivity contribution in [3.8, 4) is 0 Å². The molecule has 0 saturated carbocycles. The highest BCUT2D eigenvalue weighted by molar-refractivity contribution is 5.84. The minimum Gasteiger partial charge on any atom is -0.342 e. The molecule has 0 N–H and O–H groups in total. The van der Waals surface area contributed by atoms with Crippen LogP contribution in [0.3, 0.4) is 0 Å². The normalized spacial score (nSPS) is 16.8. The van der Waals surface area contributed by atoms with E-state index in [4.69, 9.17) is 0 Å². The molecule has 2 heterocycles. The maximum Gasteiger partial charge on any atom is 0.227 e. The van der Waals surface area contributed by atoms with Gasteiger partial charge in [-0.25, -0.2) is 0 Å².